The molecule has 1 aromatic rings. The number of hydrogen-bond donors (Lipinski definition) is 0. The summed E-state index contributed by atoms with van der Waals surface area (Å²) in [5.41, 5.74) is 0.799. The second-order valence-corrected chi connectivity index (χ2v) is 5.89. The molecule has 5 heteroatoms. The molecule has 0 heterocycles. The fourth-order valence-corrected chi connectivity index (χ4v) is 1.86. The zero-order chi connectivity index (χ0) is 9.90. The maximum atomic E-state index is 10.6. The van der Waals surface area contributed by atoms with Gasteiger partial charge in [-0.15, -0.1) is 0 Å². The Labute approximate surface area is 86.9 Å². The largest absolute Gasteiger partial charge is 0.232 e. The van der Waals surface area contributed by atoms with Gasteiger partial charge in [0.05, 0.1) is 5.75 Å². The van der Waals surface area contributed by atoms with Crippen molar-refractivity contribution >= 4 is 31.3 Å². The molecule has 0 bridgehead atoms. The van der Waals surface area contributed by atoms with Gasteiger partial charge in [-0.3, -0.25) is 0 Å². The standard InChI is InChI=1S/C8H8Cl2O2S/c9-8-4-2-1-3-7(8)5-6-13(10,11)12/h1-4H,5-6H2. The van der Waals surface area contributed by atoms with Gasteiger partial charge < -0.3 is 0 Å². The molecule has 1 rings (SSSR count). The first-order valence-corrected chi connectivity index (χ1v) is 6.50. The summed E-state index contributed by atoms with van der Waals surface area (Å²) < 4.78 is 21.3. The molecule has 0 atom stereocenters. The third-order valence-corrected chi connectivity index (χ3v) is 3.10. The predicted molar refractivity (Wildman–Crippen MR) is 54.8 cm³/mol. The van der Waals surface area contributed by atoms with Gasteiger partial charge in [0, 0.05) is 15.7 Å². The second kappa shape index (κ2) is 4.31. The first-order chi connectivity index (χ1) is 5.99. The van der Waals surface area contributed by atoms with E-state index in [1.165, 1.54) is 0 Å². The van der Waals surface area contributed by atoms with E-state index in [4.69, 9.17) is 22.3 Å². The van der Waals surface area contributed by atoms with E-state index in [9.17, 15) is 8.42 Å². The topological polar surface area (TPSA) is 34.1 Å². The lowest BCUT2D eigenvalue weighted by atomic mass is 10.2. The van der Waals surface area contributed by atoms with Gasteiger partial charge in [0.15, 0.2) is 0 Å². The van der Waals surface area contributed by atoms with Crippen LogP contribution < -0.4 is 0 Å². The van der Waals surface area contributed by atoms with Crippen molar-refractivity contribution in [2.24, 2.45) is 0 Å². The molecule has 0 aliphatic rings. The van der Waals surface area contributed by atoms with E-state index in [0.29, 0.717) is 11.4 Å². The van der Waals surface area contributed by atoms with Gasteiger partial charge in [0.25, 0.3) is 0 Å². The summed E-state index contributed by atoms with van der Waals surface area (Å²) in [6, 6.07) is 7.10. The number of halogens is 2. The number of benzene rings is 1. The summed E-state index contributed by atoms with van der Waals surface area (Å²) in [5.74, 6) is -0.0850. The molecule has 13 heavy (non-hydrogen) atoms. The molecule has 0 aliphatic heterocycles. The normalized spacial score (nSPS) is 11.5. The van der Waals surface area contributed by atoms with Crippen LogP contribution in [-0.2, 0) is 15.5 Å². The van der Waals surface area contributed by atoms with E-state index < -0.39 is 9.05 Å². The van der Waals surface area contributed by atoms with Crippen molar-refractivity contribution in [3.63, 3.8) is 0 Å². The Morgan fingerprint density at radius 3 is 2.38 bits per heavy atom. The van der Waals surface area contributed by atoms with Gasteiger partial charge in [-0.1, -0.05) is 29.8 Å². The van der Waals surface area contributed by atoms with E-state index in [1.807, 2.05) is 6.07 Å². The summed E-state index contributed by atoms with van der Waals surface area (Å²) in [4.78, 5) is 0. The van der Waals surface area contributed by atoms with E-state index in [2.05, 4.69) is 0 Å². The number of rotatable bonds is 3. The zero-order valence-electron chi connectivity index (χ0n) is 6.70. The van der Waals surface area contributed by atoms with Crippen molar-refractivity contribution in [3.05, 3.63) is 34.9 Å². The number of aryl methyl sites for hydroxylation is 1. The minimum absolute atomic E-state index is 0.0850. The highest BCUT2D eigenvalue weighted by molar-refractivity contribution is 8.13. The molecule has 0 radical (unpaired) electrons. The van der Waals surface area contributed by atoms with Crippen molar-refractivity contribution in [2.45, 2.75) is 6.42 Å². The molecule has 0 amide bonds. The van der Waals surface area contributed by atoms with Crippen molar-refractivity contribution in [3.8, 4) is 0 Å². The highest BCUT2D eigenvalue weighted by Gasteiger charge is 2.07. The lowest BCUT2D eigenvalue weighted by Crippen LogP contribution is -2.01. The van der Waals surface area contributed by atoms with Gasteiger partial charge in [0.2, 0.25) is 9.05 Å². The highest BCUT2D eigenvalue weighted by Crippen LogP contribution is 2.16. The number of hydrogen-bond acceptors (Lipinski definition) is 2. The third-order valence-electron chi connectivity index (χ3n) is 1.57. The minimum atomic E-state index is -3.43. The van der Waals surface area contributed by atoms with Gasteiger partial charge >= 0.3 is 0 Å². The molecule has 0 spiro atoms. The lowest BCUT2D eigenvalue weighted by Gasteiger charge is -2.00. The quantitative estimate of drug-likeness (QED) is 0.759. The van der Waals surface area contributed by atoms with E-state index in [0.717, 1.165) is 5.56 Å². The molecular weight excluding hydrogens is 231 g/mol. The smallest absolute Gasteiger partial charge is 0.212 e. The summed E-state index contributed by atoms with van der Waals surface area (Å²) in [5, 5.41) is 0.572. The Hall–Kier alpha value is -0.250. The highest BCUT2D eigenvalue weighted by atomic mass is 35.7. The van der Waals surface area contributed by atoms with Crippen LogP contribution >= 0.6 is 22.3 Å². The van der Waals surface area contributed by atoms with Gasteiger partial charge in [-0.2, -0.15) is 0 Å². The summed E-state index contributed by atoms with van der Waals surface area (Å²) in [6.45, 7) is 0. The SMILES string of the molecule is O=S(=O)(Cl)CCc1ccccc1Cl. The fourth-order valence-electron chi connectivity index (χ4n) is 0.933. The van der Waals surface area contributed by atoms with Crippen molar-refractivity contribution in [1.29, 1.82) is 0 Å². The minimum Gasteiger partial charge on any atom is -0.212 e. The molecule has 0 fully saturated rings. The van der Waals surface area contributed by atoms with Crippen LogP contribution in [-0.4, -0.2) is 14.2 Å². The monoisotopic (exact) mass is 238 g/mol. The van der Waals surface area contributed by atoms with Crippen LogP contribution in [0.1, 0.15) is 5.56 Å². The molecule has 0 N–H and O–H groups in total. The molecule has 0 aliphatic carbocycles. The Balaban J connectivity index is 2.71. The Morgan fingerprint density at radius 1 is 1.23 bits per heavy atom. The predicted octanol–water partition coefficient (Wildman–Crippen LogP) is 2.45. The van der Waals surface area contributed by atoms with E-state index in [1.54, 1.807) is 18.2 Å². The fraction of sp³-hybridized carbons (Fsp3) is 0.250. The summed E-state index contributed by atoms with van der Waals surface area (Å²) >= 11 is 5.82. The Morgan fingerprint density at radius 2 is 1.85 bits per heavy atom. The van der Waals surface area contributed by atoms with E-state index in [-0.39, 0.29) is 5.75 Å². The maximum Gasteiger partial charge on any atom is 0.232 e. The molecule has 0 aromatic heterocycles. The first-order valence-electron chi connectivity index (χ1n) is 3.65. The van der Waals surface area contributed by atoms with Crippen LogP contribution in [0.3, 0.4) is 0 Å². The molecule has 0 unspecified atom stereocenters. The van der Waals surface area contributed by atoms with Crippen molar-refractivity contribution < 1.29 is 8.42 Å². The van der Waals surface area contributed by atoms with Crippen LogP contribution in [0, 0.1) is 0 Å². The molecule has 0 saturated carbocycles. The molecule has 1 aromatic carbocycles. The maximum absolute atomic E-state index is 10.6. The Kier molecular flexibility index (Phi) is 3.59. The van der Waals surface area contributed by atoms with Crippen molar-refractivity contribution in [1.82, 2.24) is 0 Å². The summed E-state index contributed by atoms with van der Waals surface area (Å²) in [7, 11) is 1.64. The van der Waals surface area contributed by atoms with Crippen LogP contribution in [0.25, 0.3) is 0 Å². The van der Waals surface area contributed by atoms with Gasteiger partial charge in [-0.05, 0) is 18.1 Å². The average Bonchev–Trinajstić information content (AvgIpc) is 2.01. The molecule has 0 saturated heterocycles. The van der Waals surface area contributed by atoms with Gasteiger partial charge in [-0.25, -0.2) is 8.42 Å². The molecule has 2 nitrogen and oxygen atoms in total. The lowest BCUT2D eigenvalue weighted by molar-refractivity contribution is 0.609. The molecular formula is C8H8Cl2O2S. The van der Waals surface area contributed by atoms with Crippen LogP contribution in [0.2, 0.25) is 5.02 Å². The van der Waals surface area contributed by atoms with Crippen LogP contribution in [0.5, 0.6) is 0 Å². The second-order valence-electron chi connectivity index (χ2n) is 2.58. The zero-order valence-corrected chi connectivity index (χ0v) is 9.03. The molecule has 72 valence electrons. The van der Waals surface area contributed by atoms with Crippen molar-refractivity contribution in [2.75, 3.05) is 5.75 Å². The third kappa shape index (κ3) is 3.98. The van der Waals surface area contributed by atoms with E-state index >= 15 is 0 Å². The van der Waals surface area contributed by atoms with Gasteiger partial charge in [0.1, 0.15) is 0 Å². The Bertz CT molecular complexity index is 387. The van der Waals surface area contributed by atoms with Crippen LogP contribution in [0.15, 0.2) is 24.3 Å². The summed E-state index contributed by atoms with van der Waals surface area (Å²) in [6.07, 6.45) is 0.353. The average molecular weight is 239 g/mol. The van der Waals surface area contributed by atoms with Crippen LogP contribution in [0.4, 0.5) is 0 Å². The first kappa shape index (κ1) is 10.8.